The van der Waals surface area contributed by atoms with E-state index < -0.39 is 41.6 Å². The topological polar surface area (TPSA) is 96.4 Å². The fourth-order valence-electron chi connectivity index (χ4n) is 6.91. The Hall–Kier alpha value is -2.19. The van der Waals surface area contributed by atoms with Crippen LogP contribution >= 0.6 is 0 Å². The zero-order valence-electron chi connectivity index (χ0n) is 20.8. The van der Waals surface area contributed by atoms with Crippen molar-refractivity contribution in [2.75, 3.05) is 19.8 Å². The monoisotopic (exact) mass is 486 g/mol. The molecule has 8 nitrogen and oxygen atoms in total. The van der Waals surface area contributed by atoms with Crippen LogP contribution in [-0.4, -0.2) is 82.3 Å². The van der Waals surface area contributed by atoms with Crippen LogP contribution in [0.3, 0.4) is 0 Å². The summed E-state index contributed by atoms with van der Waals surface area (Å²) in [7, 11) is 0. The van der Waals surface area contributed by atoms with Crippen molar-refractivity contribution in [3.8, 4) is 0 Å². The summed E-state index contributed by atoms with van der Waals surface area (Å²) in [6, 6.07) is -1.34. The SMILES string of the molecule is CC(C)[C@H](CO)N1C(=O)[C@@H]2[C@H]3C(=O)OCCC/C=C\[C@H]3O[C@@]23C=CCN(C2CCCCC2)C(=O)C13. The second-order valence-corrected chi connectivity index (χ2v) is 11.0. The Kier molecular flexibility index (Phi) is 6.79. The lowest BCUT2D eigenvalue weighted by Crippen LogP contribution is -2.60. The van der Waals surface area contributed by atoms with Gasteiger partial charge < -0.3 is 24.4 Å². The van der Waals surface area contributed by atoms with Crippen LogP contribution in [0.1, 0.15) is 58.8 Å². The number of amides is 2. The summed E-state index contributed by atoms with van der Waals surface area (Å²) in [5.41, 5.74) is -1.27. The van der Waals surface area contributed by atoms with Crippen LogP contribution in [-0.2, 0) is 23.9 Å². The minimum atomic E-state index is -1.27. The largest absolute Gasteiger partial charge is 0.465 e. The molecule has 1 unspecified atom stereocenters. The van der Waals surface area contributed by atoms with Crippen molar-refractivity contribution in [2.24, 2.45) is 17.8 Å². The van der Waals surface area contributed by atoms with Gasteiger partial charge in [0.05, 0.1) is 31.3 Å². The second kappa shape index (κ2) is 9.69. The molecule has 1 aliphatic carbocycles. The fourth-order valence-corrected chi connectivity index (χ4v) is 6.91. The van der Waals surface area contributed by atoms with Gasteiger partial charge in [-0.2, -0.15) is 0 Å². The molecule has 0 radical (unpaired) electrons. The molecule has 8 heteroatoms. The van der Waals surface area contributed by atoms with Crippen molar-refractivity contribution in [1.82, 2.24) is 9.80 Å². The highest BCUT2D eigenvalue weighted by molar-refractivity contribution is 5.99. The molecular weight excluding hydrogens is 448 g/mol. The number of ether oxygens (including phenoxy) is 2. The van der Waals surface area contributed by atoms with Crippen LogP contribution in [0, 0.1) is 17.8 Å². The first-order valence-corrected chi connectivity index (χ1v) is 13.3. The zero-order chi connectivity index (χ0) is 24.7. The van der Waals surface area contributed by atoms with Gasteiger partial charge in [0, 0.05) is 12.6 Å². The Balaban J connectivity index is 1.61. The molecule has 0 aromatic rings. The lowest BCUT2D eigenvalue weighted by molar-refractivity contribution is -0.157. The predicted octanol–water partition coefficient (Wildman–Crippen LogP) is 2.21. The van der Waals surface area contributed by atoms with E-state index in [1.165, 1.54) is 6.42 Å². The third-order valence-electron chi connectivity index (χ3n) is 8.65. The van der Waals surface area contributed by atoms with Crippen molar-refractivity contribution in [2.45, 2.75) is 88.6 Å². The van der Waals surface area contributed by atoms with Gasteiger partial charge in [0.15, 0.2) is 0 Å². The molecule has 3 fully saturated rings. The van der Waals surface area contributed by atoms with Crippen LogP contribution < -0.4 is 0 Å². The average molecular weight is 487 g/mol. The summed E-state index contributed by atoms with van der Waals surface area (Å²) in [4.78, 5) is 45.2. The van der Waals surface area contributed by atoms with Crippen LogP contribution in [0.2, 0.25) is 0 Å². The number of nitrogens with zero attached hydrogens (tertiary/aromatic N) is 2. The van der Waals surface area contributed by atoms with Gasteiger partial charge in [0.2, 0.25) is 11.8 Å². The summed E-state index contributed by atoms with van der Waals surface area (Å²) >= 11 is 0. The van der Waals surface area contributed by atoms with Gasteiger partial charge in [0.1, 0.15) is 17.6 Å². The van der Waals surface area contributed by atoms with E-state index in [0.717, 1.165) is 38.5 Å². The van der Waals surface area contributed by atoms with Gasteiger partial charge >= 0.3 is 5.97 Å². The molecule has 5 rings (SSSR count). The summed E-state index contributed by atoms with van der Waals surface area (Å²) in [6.45, 7) is 4.36. The molecule has 35 heavy (non-hydrogen) atoms. The predicted molar refractivity (Wildman–Crippen MR) is 128 cm³/mol. The standard InChI is InChI=1S/C27H38N2O6/c1-17(2)19(16-30)29-23-25(32)28(18-10-5-3-6-11-18)14-9-13-27(23)22(24(29)31)21-20(35-27)12-7-4-8-15-34-26(21)33/h7,9,12-13,17-23,30H,3-6,8,10-11,14-16H2,1-2H3/b12-7-/t19-,20+,21-,22-,23?,27-/m0/s1. The summed E-state index contributed by atoms with van der Waals surface area (Å²) < 4.78 is 12.2. The number of cyclic esters (lactones) is 1. The second-order valence-electron chi connectivity index (χ2n) is 11.0. The van der Waals surface area contributed by atoms with Gasteiger partial charge in [-0.05, 0) is 31.6 Å². The molecule has 4 aliphatic heterocycles. The average Bonchev–Trinajstić information content (AvgIpc) is 3.25. The molecule has 192 valence electrons. The molecule has 6 atom stereocenters. The number of carbonyl (C=O) groups excluding carboxylic acids is 3. The van der Waals surface area contributed by atoms with Crippen LogP contribution in [0.5, 0.6) is 0 Å². The van der Waals surface area contributed by atoms with Crippen molar-refractivity contribution in [3.63, 3.8) is 0 Å². The van der Waals surface area contributed by atoms with Gasteiger partial charge in [-0.25, -0.2) is 0 Å². The zero-order valence-corrected chi connectivity index (χ0v) is 20.8. The maximum absolute atomic E-state index is 14.3. The Bertz CT molecular complexity index is 909. The number of aliphatic hydroxyl groups excluding tert-OH is 1. The number of likely N-dealkylation sites (tertiary alicyclic amines) is 1. The quantitative estimate of drug-likeness (QED) is 0.484. The molecular formula is C27H38N2O6. The highest BCUT2D eigenvalue weighted by atomic mass is 16.6. The van der Waals surface area contributed by atoms with E-state index in [-0.39, 0.29) is 30.4 Å². The van der Waals surface area contributed by atoms with Crippen molar-refractivity contribution in [3.05, 3.63) is 24.3 Å². The van der Waals surface area contributed by atoms with E-state index in [9.17, 15) is 19.5 Å². The molecule has 1 saturated carbocycles. The number of allylic oxidation sites excluding steroid dienone is 1. The summed E-state index contributed by atoms with van der Waals surface area (Å²) in [6.07, 6.45) is 13.7. The summed E-state index contributed by atoms with van der Waals surface area (Å²) in [5.74, 6) is -2.66. The van der Waals surface area contributed by atoms with Crippen molar-refractivity contribution in [1.29, 1.82) is 0 Å². The fraction of sp³-hybridized carbons (Fsp3) is 0.741. The molecule has 0 aromatic heterocycles. The van der Waals surface area contributed by atoms with Crippen molar-refractivity contribution >= 4 is 17.8 Å². The van der Waals surface area contributed by atoms with E-state index in [0.29, 0.717) is 13.2 Å². The van der Waals surface area contributed by atoms with Crippen molar-refractivity contribution < 1.29 is 29.0 Å². The van der Waals surface area contributed by atoms with E-state index in [4.69, 9.17) is 9.47 Å². The van der Waals surface area contributed by atoms with Gasteiger partial charge in [-0.1, -0.05) is 57.4 Å². The van der Waals surface area contributed by atoms with Gasteiger partial charge in [0.25, 0.3) is 0 Å². The lowest BCUT2D eigenvalue weighted by Gasteiger charge is -2.42. The Morgan fingerprint density at radius 2 is 1.86 bits per heavy atom. The number of hydrogen-bond acceptors (Lipinski definition) is 6. The molecule has 0 aromatic carbocycles. The van der Waals surface area contributed by atoms with Crippen LogP contribution in [0.15, 0.2) is 24.3 Å². The third kappa shape index (κ3) is 3.93. The number of fused-ring (bicyclic) bond motifs is 2. The van der Waals surface area contributed by atoms with Gasteiger partial charge in [-0.15, -0.1) is 0 Å². The van der Waals surface area contributed by atoms with Gasteiger partial charge in [-0.3, -0.25) is 14.4 Å². The Morgan fingerprint density at radius 3 is 2.57 bits per heavy atom. The van der Waals surface area contributed by atoms with Crippen LogP contribution in [0.4, 0.5) is 0 Å². The molecule has 1 spiro atoms. The maximum Gasteiger partial charge on any atom is 0.312 e. The highest BCUT2D eigenvalue weighted by Gasteiger charge is 2.72. The molecule has 0 bridgehead atoms. The van der Waals surface area contributed by atoms with E-state index in [1.54, 1.807) is 4.90 Å². The molecule has 5 aliphatic rings. The van der Waals surface area contributed by atoms with E-state index in [2.05, 4.69) is 0 Å². The molecule has 2 saturated heterocycles. The first-order chi connectivity index (χ1) is 16.9. The normalized spacial score (nSPS) is 37.7. The minimum absolute atomic E-state index is 0.0776. The molecule has 1 N–H and O–H groups in total. The highest BCUT2D eigenvalue weighted by Crippen LogP contribution is 2.54. The number of esters is 1. The number of aliphatic hydroxyl groups is 1. The summed E-state index contributed by atoms with van der Waals surface area (Å²) in [5, 5.41) is 10.3. The Morgan fingerprint density at radius 1 is 1.09 bits per heavy atom. The maximum atomic E-state index is 14.3. The smallest absolute Gasteiger partial charge is 0.312 e. The minimum Gasteiger partial charge on any atom is -0.465 e. The lowest BCUT2D eigenvalue weighted by atomic mass is 9.78. The number of carbonyl (C=O) groups is 3. The van der Waals surface area contributed by atoms with E-state index >= 15 is 0 Å². The van der Waals surface area contributed by atoms with E-state index in [1.807, 2.05) is 43.1 Å². The first-order valence-electron chi connectivity index (χ1n) is 13.3. The number of hydrogen-bond donors (Lipinski definition) is 1. The molecule has 2 amide bonds. The number of rotatable bonds is 4. The van der Waals surface area contributed by atoms with Crippen LogP contribution in [0.25, 0.3) is 0 Å². The third-order valence-corrected chi connectivity index (χ3v) is 8.65. The molecule has 4 heterocycles. The first kappa shape index (κ1) is 24.5. The Labute approximate surface area is 207 Å².